The van der Waals surface area contributed by atoms with Crippen LogP contribution in [0.3, 0.4) is 0 Å². The van der Waals surface area contributed by atoms with E-state index in [1.165, 1.54) is 19.3 Å². The molecular formula is C19H24N2O3. The molecule has 0 unspecified atom stereocenters. The van der Waals surface area contributed by atoms with Crippen molar-refractivity contribution in [3.63, 3.8) is 0 Å². The molecule has 0 aliphatic heterocycles. The highest BCUT2D eigenvalue weighted by molar-refractivity contribution is 5.96. The number of hydrazine groups is 1. The monoisotopic (exact) mass is 328 g/mol. The minimum absolute atomic E-state index is 0.00321. The quantitative estimate of drug-likeness (QED) is 0.838. The lowest BCUT2D eigenvalue weighted by atomic mass is 9.49. The van der Waals surface area contributed by atoms with Gasteiger partial charge in [0.1, 0.15) is 5.75 Å². The molecule has 0 spiro atoms. The Morgan fingerprint density at radius 2 is 1.50 bits per heavy atom. The summed E-state index contributed by atoms with van der Waals surface area (Å²) in [5.41, 5.74) is 5.53. The lowest BCUT2D eigenvalue weighted by Gasteiger charge is -2.55. The SMILES string of the molecule is COc1ccc(C(=O)NNC(=O)C23CC4CC(CC(C4)C2)C3)cc1. The van der Waals surface area contributed by atoms with Crippen LogP contribution in [-0.2, 0) is 4.79 Å². The average Bonchev–Trinajstić information content (AvgIpc) is 2.58. The van der Waals surface area contributed by atoms with Crippen molar-refractivity contribution >= 4 is 11.8 Å². The zero-order valence-electron chi connectivity index (χ0n) is 14.0. The topological polar surface area (TPSA) is 67.4 Å². The van der Waals surface area contributed by atoms with E-state index in [-0.39, 0.29) is 17.2 Å². The maximum absolute atomic E-state index is 12.8. The molecule has 128 valence electrons. The van der Waals surface area contributed by atoms with Gasteiger partial charge in [-0.1, -0.05) is 0 Å². The van der Waals surface area contributed by atoms with Crippen LogP contribution in [0.1, 0.15) is 48.9 Å². The summed E-state index contributed by atoms with van der Waals surface area (Å²) in [5, 5.41) is 0. The second-order valence-electron chi connectivity index (χ2n) is 7.83. The fourth-order valence-corrected chi connectivity index (χ4v) is 5.45. The maximum atomic E-state index is 12.8. The zero-order valence-corrected chi connectivity index (χ0v) is 14.0. The van der Waals surface area contributed by atoms with Crippen molar-refractivity contribution in [1.82, 2.24) is 10.9 Å². The minimum Gasteiger partial charge on any atom is -0.497 e. The van der Waals surface area contributed by atoms with Crippen LogP contribution in [0.15, 0.2) is 24.3 Å². The number of hydrogen-bond donors (Lipinski definition) is 2. The van der Waals surface area contributed by atoms with Crippen LogP contribution in [0.4, 0.5) is 0 Å². The molecule has 5 heteroatoms. The molecule has 0 radical (unpaired) electrons. The first-order chi connectivity index (χ1) is 11.6. The Morgan fingerprint density at radius 3 is 2.00 bits per heavy atom. The van der Waals surface area contributed by atoms with E-state index in [0.29, 0.717) is 29.1 Å². The molecule has 5 rings (SSSR count). The van der Waals surface area contributed by atoms with Gasteiger partial charge in [0.15, 0.2) is 0 Å². The minimum atomic E-state index is -0.296. The van der Waals surface area contributed by atoms with Crippen LogP contribution in [0.2, 0.25) is 0 Å². The van der Waals surface area contributed by atoms with Gasteiger partial charge in [0.05, 0.1) is 12.5 Å². The molecule has 2 amide bonds. The predicted octanol–water partition coefficient (Wildman–Crippen LogP) is 2.67. The fraction of sp³-hybridized carbons (Fsp3) is 0.579. The summed E-state index contributed by atoms with van der Waals surface area (Å²) in [6.07, 6.45) is 6.86. The Morgan fingerprint density at radius 1 is 0.958 bits per heavy atom. The van der Waals surface area contributed by atoms with E-state index in [1.54, 1.807) is 31.4 Å². The van der Waals surface area contributed by atoms with Crippen LogP contribution < -0.4 is 15.6 Å². The summed E-state index contributed by atoms with van der Waals surface area (Å²) < 4.78 is 5.08. The Labute approximate surface area is 142 Å². The van der Waals surface area contributed by atoms with Gasteiger partial charge in [0.25, 0.3) is 5.91 Å². The molecule has 4 aliphatic carbocycles. The number of rotatable bonds is 3. The summed E-state index contributed by atoms with van der Waals surface area (Å²) in [4.78, 5) is 25.0. The second kappa shape index (κ2) is 5.80. The number of hydrogen-bond acceptors (Lipinski definition) is 3. The van der Waals surface area contributed by atoms with Crippen molar-refractivity contribution in [2.45, 2.75) is 38.5 Å². The number of amides is 2. The van der Waals surface area contributed by atoms with E-state index in [1.807, 2.05) is 0 Å². The number of carbonyl (C=O) groups excluding carboxylic acids is 2. The number of carbonyl (C=O) groups is 2. The van der Waals surface area contributed by atoms with E-state index >= 15 is 0 Å². The zero-order chi connectivity index (χ0) is 16.7. The highest BCUT2D eigenvalue weighted by Crippen LogP contribution is 2.59. The molecule has 5 nitrogen and oxygen atoms in total. The second-order valence-corrected chi connectivity index (χ2v) is 7.83. The van der Waals surface area contributed by atoms with Crippen molar-refractivity contribution in [2.24, 2.45) is 23.2 Å². The first-order valence-corrected chi connectivity index (χ1v) is 8.83. The largest absolute Gasteiger partial charge is 0.497 e. The molecule has 4 fully saturated rings. The average molecular weight is 328 g/mol. The molecule has 24 heavy (non-hydrogen) atoms. The van der Waals surface area contributed by atoms with E-state index in [4.69, 9.17) is 4.74 Å². The summed E-state index contributed by atoms with van der Waals surface area (Å²) in [5.74, 6) is 2.53. The van der Waals surface area contributed by atoms with Crippen molar-refractivity contribution in [3.05, 3.63) is 29.8 Å². The molecular weight excluding hydrogens is 304 g/mol. The Hall–Kier alpha value is -2.04. The van der Waals surface area contributed by atoms with Crippen LogP contribution in [-0.4, -0.2) is 18.9 Å². The van der Waals surface area contributed by atoms with Crippen LogP contribution >= 0.6 is 0 Å². The predicted molar refractivity (Wildman–Crippen MR) is 89.2 cm³/mol. The van der Waals surface area contributed by atoms with E-state index < -0.39 is 0 Å². The van der Waals surface area contributed by atoms with E-state index in [0.717, 1.165) is 19.3 Å². The Bertz CT molecular complexity index is 618. The Kier molecular flexibility index (Phi) is 3.74. The number of ether oxygens (including phenoxy) is 1. The van der Waals surface area contributed by atoms with E-state index in [9.17, 15) is 9.59 Å². The lowest BCUT2D eigenvalue weighted by Crippen LogP contribution is -2.56. The normalized spacial score (nSPS) is 33.1. The van der Waals surface area contributed by atoms with Gasteiger partial charge >= 0.3 is 0 Å². The molecule has 4 bridgehead atoms. The molecule has 4 aliphatic rings. The number of benzene rings is 1. The highest BCUT2D eigenvalue weighted by atomic mass is 16.5. The van der Waals surface area contributed by atoms with Crippen molar-refractivity contribution in [1.29, 1.82) is 0 Å². The van der Waals surface area contributed by atoms with Gasteiger partial charge < -0.3 is 4.74 Å². The highest BCUT2D eigenvalue weighted by Gasteiger charge is 2.54. The molecule has 1 aromatic rings. The van der Waals surface area contributed by atoms with Gasteiger partial charge in [-0.25, -0.2) is 0 Å². The summed E-state index contributed by atoms with van der Waals surface area (Å²) >= 11 is 0. The number of methoxy groups -OCH3 is 1. The van der Waals surface area contributed by atoms with Crippen molar-refractivity contribution in [2.75, 3.05) is 7.11 Å². The molecule has 1 aromatic carbocycles. The van der Waals surface area contributed by atoms with Gasteiger partial charge in [0, 0.05) is 5.56 Å². The van der Waals surface area contributed by atoms with Crippen LogP contribution in [0.5, 0.6) is 5.75 Å². The Balaban J connectivity index is 1.38. The van der Waals surface area contributed by atoms with Crippen molar-refractivity contribution < 1.29 is 14.3 Å². The number of nitrogens with one attached hydrogen (secondary N) is 2. The third kappa shape index (κ3) is 2.66. The van der Waals surface area contributed by atoms with Gasteiger partial charge in [-0.2, -0.15) is 0 Å². The molecule has 0 heterocycles. The van der Waals surface area contributed by atoms with Gasteiger partial charge in [-0.15, -0.1) is 0 Å². The van der Waals surface area contributed by atoms with Crippen LogP contribution in [0.25, 0.3) is 0 Å². The molecule has 2 N–H and O–H groups in total. The van der Waals surface area contributed by atoms with Gasteiger partial charge in [-0.3, -0.25) is 20.4 Å². The summed E-state index contributed by atoms with van der Waals surface area (Å²) in [7, 11) is 1.58. The first-order valence-electron chi connectivity index (χ1n) is 8.83. The summed E-state index contributed by atoms with van der Waals surface area (Å²) in [6, 6.07) is 6.84. The third-order valence-electron chi connectivity index (χ3n) is 6.16. The molecule has 0 atom stereocenters. The third-order valence-corrected chi connectivity index (χ3v) is 6.16. The van der Waals surface area contributed by atoms with Crippen molar-refractivity contribution in [3.8, 4) is 5.75 Å². The molecule has 0 aromatic heterocycles. The molecule has 4 saturated carbocycles. The standard InChI is InChI=1S/C19H24N2O3/c1-24-16-4-2-15(3-5-16)17(22)20-21-18(23)19-9-12-6-13(10-19)8-14(7-12)11-19/h2-5,12-14H,6-11H2,1H3,(H,20,22)(H,21,23). The van der Waals surface area contributed by atoms with Gasteiger partial charge in [0.2, 0.25) is 5.91 Å². The van der Waals surface area contributed by atoms with E-state index in [2.05, 4.69) is 10.9 Å². The summed E-state index contributed by atoms with van der Waals surface area (Å²) in [6.45, 7) is 0. The maximum Gasteiger partial charge on any atom is 0.269 e. The first kappa shape index (κ1) is 15.5. The van der Waals surface area contributed by atoms with Crippen LogP contribution in [0, 0.1) is 23.2 Å². The molecule has 0 saturated heterocycles. The fourth-order valence-electron chi connectivity index (χ4n) is 5.45. The van der Waals surface area contributed by atoms with Gasteiger partial charge in [-0.05, 0) is 80.5 Å². The smallest absolute Gasteiger partial charge is 0.269 e. The lowest BCUT2D eigenvalue weighted by molar-refractivity contribution is -0.147.